The van der Waals surface area contributed by atoms with Crippen LogP contribution >= 0.6 is 0 Å². The molecule has 8 nitrogen and oxygen atoms in total. The highest BCUT2D eigenvalue weighted by atomic mass is 16.5. The van der Waals surface area contributed by atoms with Crippen molar-refractivity contribution < 1.29 is 33.6 Å². The number of rotatable bonds is 9. The lowest BCUT2D eigenvalue weighted by Crippen LogP contribution is -2.49. The van der Waals surface area contributed by atoms with Crippen molar-refractivity contribution >= 4 is 11.7 Å². The molecule has 1 aliphatic rings. The second-order valence-corrected chi connectivity index (χ2v) is 8.62. The Balaban J connectivity index is 1.94. The van der Waals surface area contributed by atoms with Gasteiger partial charge in [-0.3, -0.25) is 9.59 Å². The quantitative estimate of drug-likeness (QED) is 0.427. The van der Waals surface area contributed by atoms with E-state index >= 15 is 0 Å². The molecule has 1 N–H and O–H groups in total. The number of benzene rings is 3. The minimum atomic E-state index is -1.66. The second kappa shape index (κ2) is 10.3. The minimum absolute atomic E-state index is 0.0335. The fourth-order valence-corrected chi connectivity index (χ4v) is 4.66. The summed E-state index contributed by atoms with van der Waals surface area (Å²) in [6, 6.07) is 17.3. The highest BCUT2D eigenvalue weighted by Crippen LogP contribution is 2.44. The van der Waals surface area contributed by atoms with E-state index in [1.54, 1.807) is 68.8 Å². The van der Waals surface area contributed by atoms with Crippen LogP contribution in [-0.4, -0.2) is 50.1 Å². The van der Waals surface area contributed by atoms with Crippen LogP contribution in [0.2, 0.25) is 0 Å². The van der Waals surface area contributed by atoms with E-state index in [4.69, 9.17) is 18.9 Å². The van der Waals surface area contributed by atoms with Crippen molar-refractivity contribution in [1.29, 1.82) is 0 Å². The van der Waals surface area contributed by atoms with Gasteiger partial charge in [0.2, 0.25) is 0 Å². The largest absolute Gasteiger partial charge is 0.503 e. The van der Waals surface area contributed by atoms with Crippen LogP contribution in [0, 0.1) is 6.92 Å². The molecule has 0 saturated heterocycles. The first kappa shape index (κ1) is 25.6. The van der Waals surface area contributed by atoms with E-state index in [9.17, 15) is 14.7 Å². The first-order valence-electron chi connectivity index (χ1n) is 11.6. The maximum absolute atomic E-state index is 14.4. The molecule has 0 aromatic heterocycles. The van der Waals surface area contributed by atoms with Crippen LogP contribution in [0.25, 0.3) is 0 Å². The number of aliphatic hydroxyl groups excluding tert-OH is 1. The molecule has 1 heterocycles. The van der Waals surface area contributed by atoms with Gasteiger partial charge in [-0.25, -0.2) is 0 Å². The Morgan fingerprint density at radius 1 is 0.865 bits per heavy atom. The molecule has 4 rings (SSSR count). The van der Waals surface area contributed by atoms with Gasteiger partial charge in [0.25, 0.3) is 5.91 Å². The number of nitrogens with zero attached hydrogens (tertiary/aromatic N) is 1. The summed E-state index contributed by atoms with van der Waals surface area (Å²) in [5.41, 5.74) is 0.601. The SMILES string of the molecule is COc1cccc(CN2C(=O)C(O)=CC2(C(=O)c2ccc(OC)c(C)c2)c2ccc(OC)c(OC)c2)c1. The number of hydrogen-bond acceptors (Lipinski definition) is 7. The number of carbonyl (C=O) groups excluding carboxylic acids is 2. The zero-order chi connectivity index (χ0) is 26.7. The van der Waals surface area contributed by atoms with Crippen LogP contribution in [0.1, 0.15) is 27.0 Å². The number of aryl methyl sites for hydroxylation is 1. The summed E-state index contributed by atoms with van der Waals surface area (Å²) in [5.74, 6) is 0.497. The third-order valence-electron chi connectivity index (χ3n) is 6.54. The third kappa shape index (κ3) is 4.46. The van der Waals surface area contributed by atoms with Gasteiger partial charge >= 0.3 is 0 Å². The van der Waals surface area contributed by atoms with Gasteiger partial charge in [-0.1, -0.05) is 18.2 Å². The van der Waals surface area contributed by atoms with Crippen molar-refractivity contribution in [2.45, 2.75) is 19.0 Å². The number of Topliss-reactive ketones (excluding diaryl/α,β-unsaturated/α-hetero) is 1. The van der Waals surface area contributed by atoms with Gasteiger partial charge in [0.15, 0.2) is 28.6 Å². The summed E-state index contributed by atoms with van der Waals surface area (Å²) < 4.78 is 21.6. The minimum Gasteiger partial charge on any atom is -0.503 e. The summed E-state index contributed by atoms with van der Waals surface area (Å²) >= 11 is 0. The monoisotopic (exact) mass is 503 g/mol. The molecule has 1 amide bonds. The molecular weight excluding hydrogens is 474 g/mol. The number of ketones is 1. The Labute approximate surface area is 215 Å². The molecule has 3 aromatic rings. The van der Waals surface area contributed by atoms with Gasteiger partial charge in [-0.15, -0.1) is 0 Å². The Bertz CT molecular complexity index is 1380. The van der Waals surface area contributed by atoms with Gasteiger partial charge < -0.3 is 29.0 Å². The second-order valence-electron chi connectivity index (χ2n) is 8.62. The Hall–Kier alpha value is -4.46. The van der Waals surface area contributed by atoms with Crippen LogP contribution in [0.5, 0.6) is 23.0 Å². The number of ether oxygens (including phenoxy) is 4. The van der Waals surface area contributed by atoms with E-state index in [1.165, 1.54) is 25.2 Å². The van der Waals surface area contributed by atoms with Crippen LogP contribution in [0.3, 0.4) is 0 Å². The molecule has 0 aliphatic carbocycles. The summed E-state index contributed by atoms with van der Waals surface area (Å²) in [6.07, 6.45) is 1.30. The van der Waals surface area contributed by atoms with Crippen molar-refractivity contribution in [3.05, 3.63) is 94.8 Å². The van der Waals surface area contributed by atoms with E-state index in [1.807, 2.05) is 13.0 Å². The summed E-state index contributed by atoms with van der Waals surface area (Å²) in [5, 5.41) is 10.7. The van der Waals surface area contributed by atoms with Crippen molar-refractivity contribution in [2.75, 3.05) is 28.4 Å². The lowest BCUT2D eigenvalue weighted by Gasteiger charge is -2.37. The van der Waals surface area contributed by atoms with Crippen LogP contribution in [0.4, 0.5) is 0 Å². The number of methoxy groups -OCH3 is 4. The molecule has 0 radical (unpaired) electrons. The number of amides is 1. The van der Waals surface area contributed by atoms with E-state index < -0.39 is 23.0 Å². The van der Waals surface area contributed by atoms with Gasteiger partial charge in [0, 0.05) is 18.2 Å². The van der Waals surface area contributed by atoms with Crippen molar-refractivity contribution in [1.82, 2.24) is 4.90 Å². The van der Waals surface area contributed by atoms with Crippen molar-refractivity contribution in [3.63, 3.8) is 0 Å². The summed E-state index contributed by atoms with van der Waals surface area (Å²) in [4.78, 5) is 29.1. The fourth-order valence-electron chi connectivity index (χ4n) is 4.66. The van der Waals surface area contributed by atoms with Crippen LogP contribution < -0.4 is 18.9 Å². The Morgan fingerprint density at radius 2 is 1.57 bits per heavy atom. The zero-order valence-electron chi connectivity index (χ0n) is 21.4. The van der Waals surface area contributed by atoms with E-state index in [-0.39, 0.29) is 6.54 Å². The maximum atomic E-state index is 14.4. The van der Waals surface area contributed by atoms with Crippen molar-refractivity contribution in [2.24, 2.45) is 0 Å². The first-order chi connectivity index (χ1) is 17.8. The van der Waals surface area contributed by atoms with Crippen LogP contribution in [-0.2, 0) is 16.9 Å². The standard InChI is InChI=1S/C29H29NO7/c1-18-13-20(9-11-24(18)35-3)27(32)29(21-10-12-25(36-4)26(15-21)37-5)16-23(31)28(33)30(29)17-19-7-6-8-22(14-19)34-2/h6-16,31H,17H2,1-5H3. The average Bonchev–Trinajstić information content (AvgIpc) is 3.17. The van der Waals surface area contributed by atoms with Gasteiger partial charge in [0.1, 0.15) is 11.5 Å². The van der Waals surface area contributed by atoms with Crippen LogP contribution in [0.15, 0.2) is 72.5 Å². The first-order valence-corrected chi connectivity index (χ1v) is 11.6. The van der Waals surface area contributed by atoms with Gasteiger partial charge in [-0.2, -0.15) is 0 Å². The lowest BCUT2D eigenvalue weighted by atomic mass is 9.81. The predicted molar refractivity (Wildman–Crippen MR) is 138 cm³/mol. The molecule has 0 fully saturated rings. The molecule has 1 unspecified atom stereocenters. The molecule has 0 bridgehead atoms. The molecular formula is C29H29NO7. The summed E-state index contributed by atoms with van der Waals surface area (Å²) in [6.45, 7) is 1.87. The maximum Gasteiger partial charge on any atom is 0.290 e. The van der Waals surface area contributed by atoms with E-state index in [2.05, 4.69) is 0 Å². The Morgan fingerprint density at radius 3 is 2.22 bits per heavy atom. The highest BCUT2D eigenvalue weighted by molar-refractivity contribution is 6.11. The number of hydrogen-bond donors (Lipinski definition) is 1. The number of carbonyl (C=O) groups is 2. The van der Waals surface area contributed by atoms with E-state index in [0.717, 1.165) is 11.1 Å². The molecule has 192 valence electrons. The van der Waals surface area contributed by atoms with Gasteiger partial charge in [-0.05, 0) is 66.1 Å². The smallest absolute Gasteiger partial charge is 0.290 e. The number of aliphatic hydroxyl groups is 1. The molecule has 37 heavy (non-hydrogen) atoms. The normalized spacial score (nSPS) is 16.8. The molecule has 0 saturated carbocycles. The Kier molecular flexibility index (Phi) is 7.11. The van der Waals surface area contributed by atoms with E-state index in [0.29, 0.717) is 34.1 Å². The molecule has 1 aliphatic heterocycles. The predicted octanol–water partition coefficient (Wildman–Crippen LogP) is 4.59. The fraction of sp³-hybridized carbons (Fsp3) is 0.241. The van der Waals surface area contributed by atoms with Gasteiger partial charge in [0.05, 0.1) is 28.4 Å². The molecule has 3 aromatic carbocycles. The average molecular weight is 504 g/mol. The van der Waals surface area contributed by atoms with Crippen molar-refractivity contribution in [3.8, 4) is 23.0 Å². The summed E-state index contributed by atoms with van der Waals surface area (Å²) in [7, 11) is 6.11. The lowest BCUT2D eigenvalue weighted by molar-refractivity contribution is -0.131. The topological polar surface area (TPSA) is 94.5 Å². The molecule has 8 heteroatoms. The molecule has 0 spiro atoms. The molecule has 1 atom stereocenters. The third-order valence-corrected chi connectivity index (χ3v) is 6.54. The highest BCUT2D eigenvalue weighted by Gasteiger charge is 2.52. The zero-order valence-corrected chi connectivity index (χ0v) is 21.4.